The SMILES string of the molecule is N[C@@H](C[C@H](CCCc1ccc(CCCF)cc1)C(=O)O)C(=O)O. The van der Waals surface area contributed by atoms with Crippen LogP contribution in [0.1, 0.15) is 36.8 Å². The largest absolute Gasteiger partial charge is 0.481 e. The molecule has 0 amide bonds. The molecule has 2 atom stereocenters. The van der Waals surface area contributed by atoms with Crippen molar-refractivity contribution in [2.75, 3.05) is 6.67 Å². The second kappa shape index (κ2) is 9.94. The molecule has 4 N–H and O–H groups in total. The first kappa shape index (κ1) is 19.1. The van der Waals surface area contributed by atoms with Gasteiger partial charge in [-0.05, 0) is 49.7 Å². The number of rotatable bonds is 11. The molecule has 1 rings (SSSR count). The lowest BCUT2D eigenvalue weighted by Gasteiger charge is -2.14. The number of nitrogens with two attached hydrogens (primary N) is 1. The van der Waals surface area contributed by atoms with Crippen LogP contribution in [0, 0.1) is 5.92 Å². The first-order valence-corrected chi connectivity index (χ1v) is 7.79. The van der Waals surface area contributed by atoms with Crippen LogP contribution in [0.5, 0.6) is 0 Å². The molecule has 0 radical (unpaired) electrons. The number of alkyl halides is 1. The number of aliphatic carboxylic acids is 2. The molecule has 23 heavy (non-hydrogen) atoms. The first-order chi connectivity index (χ1) is 10.9. The molecule has 5 nitrogen and oxygen atoms in total. The van der Waals surface area contributed by atoms with E-state index in [1.54, 1.807) is 0 Å². The number of benzene rings is 1. The normalized spacial score (nSPS) is 13.5. The topological polar surface area (TPSA) is 101 Å². The number of carboxylic acid groups (broad SMARTS) is 2. The van der Waals surface area contributed by atoms with Gasteiger partial charge in [0.25, 0.3) is 0 Å². The number of carboxylic acids is 2. The van der Waals surface area contributed by atoms with Crippen LogP contribution < -0.4 is 5.73 Å². The molecule has 0 heterocycles. The summed E-state index contributed by atoms with van der Waals surface area (Å²) in [6, 6.07) is 6.70. The average Bonchev–Trinajstić information content (AvgIpc) is 2.52. The average molecular weight is 325 g/mol. The molecule has 0 aliphatic carbocycles. The van der Waals surface area contributed by atoms with Gasteiger partial charge in [-0.3, -0.25) is 14.0 Å². The van der Waals surface area contributed by atoms with Crippen LogP contribution in [-0.2, 0) is 22.4 Å². The van der Waals surface area contributed by atoms with E-state index in [1.807, 2.05) is 24.3 Å². The highest BCUT2D eigenvalue weighted by Gasteiger charge is 2.23. The Bertz CT molecular complexity index is 504. The molecule has 1 aromatic rings. The van der Waals surface area contributed by atoms with Crippen LogP contribution in [0.2, 0.25) is 0 Å². The minimum Gasteiger partial charge on any atom is -0.481 e. The third-order valence-electron chi connectivity index (χ3n) is 3.84. The van der Waals surface area contributed by atoms with Gasteiger partial charge in [-0.1, -0.05) is 24.3 Å². The molecule has 0 bridgehead atoms. The summed E-state index contributed by atoms with van der Waals surface area (Å²) in [4.78, 5) is 21.9. The summed E-state index contributed by atoms with van der Waals surface area (Å²) >= 11 is 0. The number of hydrogen-bond acceptors (Lipinski definition) is 3. The highest BCUT2D eigenvalue weighted by Crippen LogP contribution is 2.17. The number of hydrogen-bond donors (Lipinski definition) is 3. The van der Waals surface area contributed by atoms with Crippen LogP contribution in [0.4, 0.5) is 4.39 Å². The van der Waals surface area contributed by atoms with Crippen molar-refractivity contribution in [2.45, 2.75) is 44.6 Å². The van der Waals surface area contributed by atoms with Gasteiger partial charge in [0.05, 0.1) is 12.6 Å². The second-order valence-electron chi connectivity index (χ2n) is 5.72. The van der Waals surface area contributed by atoms with Gasteiger partial charge in [-0.15, -0.1) is 0 Å². The smallest absolute Gasteiger partial charge is 0.320 e. The zero-order chi connectivity index (χ0) is 17.2. The quantitative estimate of drug-likeness (QED) is 0.580. The molecule has 0 saturated heterocycles. The van der Waals surface area contributed by atoms with Crippen LogP contribution in [0.15, 0.2) is 24.3 Å². The highest BCUT2D eigenvalue weighted by molar-refractivity contribution is 5.75. The Labute approximate surface area is 135 Å². The summed E-state index contributed by atoms with van der Waals surface area (Å²) in [7, 11) is 0. The van der Waals surface area contributed by atoms with Crippen molar-refractivity contribution in [1.82, 2.24) is 0 Å². The molecule has 128 valence electrons. The minimum absolute atomic E-state index is 0.0627. The molecule has 1 aromatic carbocycles. The Hall–Kier alpha value is -1.95. The minimum atomic E-state index is -1.18. The van der Waals surface area contributed by atoms with Gasteiger partial charge in [0.2, 0.25) is 0 Å². The summed E-state index contributed by atoms with van der Waals surface area (Å²) in [6.45, 7) is -0.323. The fraction of sp³-hybridized carbons (Fsp3) is 0.529. The predicted octanol–water partition coefficient (Wildman–Crippen LogP) is 2.41. The standard InChI is InChI=1S/C17H24FNO4/c18-10-2-4-13-8-6-12(7-9-13)3-1-5-14(16(20)21)11-15(19)17(22)23/h6-9,14-15H,1-5,10-11,19H2,(H,20,21)(H,22,23)/t14-,15-/m0/s1. The molecule has 0 saturated carbocycles. The molecule has 6 heteroatoms. The summed E-state index contributed by atoms with van der Waals surface area (Å²) < 4.78 is 12.1. The van der Waals surface area contributed by atoms with Crippen molar-refractivity contribution in [2.24, 2.45) is 11.7 Å². The van der Waals surface area contributed by atoms with Crippen molar-refractivity contribution in [3.8, 4) is 0 Å². The van der Waals surface area contributed by atoms with Crippen molar-refractivity contribution in [1.29, 1.82) is 0 Å². The van der Waals surface area contributed by atoms with E-state index in [-0.39, 0.29) is 13.1 Å². The highest BCUT2D eigenvalue weighted by atomic mass is 19.1. The van der Waals surface area contributed by atoms with Crippen LogP contribution >= 0.6 is 0 Å². The Morgan fingerprint density at radius 1 is 1.00 bits per heavy atom. The fourth-order valence-corrected chi connectivity index (χ4v) is 2.45. The van der Waals surface area contributed by atoms with Crippen LogP contribution in [-0.4, -0.2) is 34.9 Å². The lowest BCUT2D eigenvalue weighted by molar-refractivity contribution is -0.143. The molecular formula is C17H24FNO4. The number of halogens is 1. The van der Waals surface area contributed by atoms with E-state index >= 15 is 0 Å². The summed E-state index contributed by atoms with van der Waals surface area (Å²) in [5.74, 6) is -2.94. The van der Waals surface area contributed by atoms with Gasteiger partial charge in [0.1, 0.15) is 6.04 Å². The zero-order valence-corrected chi connectivity index (χ0v) is 13.1. The molecule has 0 spiro atoms. The maximum atomic E-state index is 12.1. The van der Waals surface area contributed by atoms with Gasteiger partial charge in [-0.2, -0.15) is 0 Å². The van der Waals surface area contributed by atoms with E-state index in [9.17, 15) is 14.0 Å². The maximum Gasteiger partial charge on any atom is 0.320 e. The van der Waals surface area contributed by atoms with E-state index in [4.69, 9.17) is 15.9 Å². The van der Waals surface area contributed by atoms with E-state index in [0.717, 1.165) is 17.5 Å². The van der Waals surface area contributed by atoms with E-state index in [2.05, 4.69) is 0 Å². The third kappa shape index (κ3) is 7.23. The van der Waals surface area contributed by atoms with Crippen molar-refractivity contribution in [3.63, 3.8) is 0 Å². The van der Waals surface area contributed by atoms with Gasteiger partial charge in [0.15, 0.2) is 0 Å². The monoisotopic (exact) mass is 325 g/mol. The summed E-state index contributed by atoms with van der Waals surface area (Å²) in [5.41, 5.74) is 7.57. The van der Waals surface area contributed by atoms with Gasteiger partial charge in [-0.25, -0.2) is 0 Å². The Kier molecular flexibility index (Phi) is 8.26. The molecule has 0 aromatic heterocycles. The summed E-state index contributed by atoms with van der Waals surface area (Å²) in [5, 5.41) is 17.9. The Morgan fingerprint density at radius 2 is 1.52 bits per heavy atom. The van der Waals surface area contributed by atoms with Crippen molar-refractivity contribution < 1.29 is 24.2 Å². The molecule has 0 aliphatic rings. The number of aryl methyl sites for hydroxylation is 2. The van der Waals surface area contributed by atoms with E-state index < -0.39 is 23.9 Å². The number of carbonyl (C=O) groups is 2. The lowest BCUT2D eigenvalue weighted by Crippen LogP contribution is -2.34. The zero-order valence-electron chi connectivity index (χ0n) is 13.1. The van der Waals surface area contributed by atoms with E-state index in [0.29, 0.717) is 25.7 Å². The lowest BCUT2D eigenvalue weighted by atomic mass is 9.93. The van der Waals surface area contributed by atoms with Gasteiger partial charge >= 0.3 is 11.9 Å². The van der Waals surface area contributed by atoms with Crippen LogP contribution in [0.25, 0.3) is 0 Å². The molecule has 0 aliphatic heterocycles. The summed E-state index contributed by atoms with van der Waals surface area (Å²) in [6.07, 6.45) is 2.92. The Morgan fingerprint density at radius 3 is 1.96 bits per heavy atom. The van der Waals surface area contributed by atoms with Crippen molar-refractivity contribution in [3.05, 3.63) is 35.4 Å². The van der Waals surface area contributed by atoms with Crippen molar-refractivity contribution >= 4 is 11.9 Å². The first-order valence-electron chi connectivity index (χ1n) is 7.79. The van der Waals surface area contributed by atoms with Gasteiger partial charge < -0.3 is 15.9 Å². The second-order valence-corrected chi connectivity index (χ2v) is 5.72. The third-order valence-corrected chi connectivity index (χ3v) is 3.84. The molecular weight excluding hydrogens is 301 g/mol. The fourth-order valence-electron chi connectivity index (χ4n) is 2.45. The Balaban J connectivity index is 2.43. The molecule has 0 fully saturated rings. The predicted molar refractivity (Wildman–Crippen MR) is 85.0 cm³/mol. The molecule has 0 unspecified atom stereocenters. The van der Waals surface area contributed by atoms with E-state index in [1.165, 1.54) is 0 Å². The van der Waals surface area contributed by atoms with Gasteiger partial charge in [0, 0.05) is 0 Å². The van der Waals surface area contributed by atoms with Crippen LogP contribution in [0.3, 0.4) is 0 Å². The maximum absolute atomic E-state index is 12.1.